The maximum absolute atomic E-state index is 14.9. The summed E-state index contributed by atoms with van der Waals surface area (Å²) >= 11 is 0. The van der Waals surface area contributed by atoms with E-state index in [0.29, 0.717) is 41.6 Å². The number of aromatic amines is 3. The lowest BCUT2D eigenvalue weighted by molar-refractivity contribution is -0.142. The summed E-state index contributed by atoms with van der Waals surface area (Å²) < 4.78 is 0. The van der Waals surface area contributed by atoms with Gasteiger partial charge >= 0.3 is 11.9 Å². The molecule has 4 aromatic carbocycles. The normalized spacial score (nSPS) is 14.1. The summed E-state index contributed by atoms with van der Waals surface area (Å²) in [6, 6.07) is 17.9. The number of hydrogen-bond acceptors (Lipinski definition) is 11. The van der Waals surface area contributed by atoms with Crippen LogP contribution in [0.4, 0.5) is 0 Å². The van der Waals surface area contributed by atoms with E-state index < -0.39 is 102 Å². The third kappa shape index (κ3) is 15.4. The number of nitrogens with two attached hydrogens (primary N) is 2. The van der Waals surface area contributed by atoms with Crippen molar-refractivity contribution in [3.8, 4) is 5.75 Å². The van der Waals surface area contributed by atoms with Crippen LogP contribution >= 0.6 is 0 Å². The molecule has 22 nitrogen and oxygen atoms in total. The van der Waals surface area contributed by atoms with Gasteiger partial charge in [0.15, 0.2) is 0 Å². The van der Waals surface area contributed by atoms with Crippen LogP contribution in [0.5, 0.6) is 5.75 Å². The van der Waals surface area contributed by atoms with Gasteiger partial charge in [0.1, 0.15) is 42.0 Å². The zero-order chi connectivity index (χ0) is 56.8. The Morgan fingerprint density at radius 2 is 0.886 bits per heavy atom. The lowest BCUT2D eigenvalue weighted by atomic mass is 9.98. The van der Waals surface area contributed by atoms with Crippen molar-refractivity contribution in [2.45, 2.75) is 108 Å². The number of carboxylic acid groups (broad SMARTS) is 2. The summed E-state index contributed by atoms with van der Waals surface area (Å²) in [4.78, 5) is 120. The molecule has 0 aliphatic carbocycles. The second kappa shape index (κ2) is 26.8. The summed E-state index contributed by atoms with van der Waals surface area (Å²) in [6.45, 7) is 3.67. The van der Waals surface area contributed by atoms with E-state index in [1.165, 1.54) is 24.3 Å². The number of H-pyrrole nitrogens is 3. The molecule has 0 fully saturated rings. The van der Waals surface area contributed by atoms with E-state index in [9.17, 15) is 53.7 Å². The molecule has 0 aliphatic heterocycles. The maximum Gasteiger partial charge on any atom is 0.326 e. The Hall–Kier alpha value is -9.02. The number of nitrogens with one attached hydrogen (secondary N) is 9. The predicted molar refractivity (Wildman–Crippen MR) is 295 cm³/mol. The molecule has 7 aromatic rings. The van der Waals surface area contributed by atoms with Crippen LogP contribution < -0.4 is 43.4 Å². The average molecular weight is 1080 g/mol. The molecule has 0 saturated carbocycles. The molecule has 3 heterocycles. The average Bonchev–Trinajstić information content (AvgIpc) is 4.18. The van der Waals surface area contributed by atoms with E-state index in [2.05, 4.69) is 46.9 Å². The molecule has 416 valence electrons. The van der Waals surface area contributed by atoms with Gasteiger partial charge in [0.05, 0.1) is 12.5 Å². The molecule has 0 saturated heterocycles. The lowest BCUT2D eigenvalue weighted by Crippen LogP contribution is -2.61. The standard InChI is InChI=1S/C57H67N11O11/c1-31(2)50(68-55(76)48(26-35-30-62-43-16-8-5-13-39(35)43)66-52(73)45(23-32-18-20-36(69)21-19-32)64-51(72)40(59)27-49(70)71)56(77)67-47(25-34-29-61-42-15-7-4-12-38(34)42)54(75)65-46(24-33-28-60-41-14-6-3-11-37(33)41)53(74)63-44(57(78)79)17-9-10-22-58/h3-8,11-16,18-21,28-31,40,44-48,50,60-62,69H,9-10,17,22-27,58-59H2,1-2H3,(H,63,74)(H,64,72)(H,65,75)(H,66,73)(H,67,77)(H,68,76)(H,70,71)(H,78,79)/t40-,44-,45-,46+,47+,48+,50-/m0/s1. The van der Waals surface area contributed by atoms with Crippen molar-refractivity contribution >= 4 is 80.1 Å². The quantitative estimate of drug-likeness (QED) is 0.0314. The fraction of sp³-hybridized carbons (Fsp3) is 0.333. The van der Waals surface area contributed by atoms with Gasteiger partial charge in [-0.25, -0.2) is 4.79 Å². The molecule has 0 radical (unpaired) electrons. The zero-order valence-electron chi connectivity index (χ0n) is 43.7. The smallest absolute Gasteiger partial charge is 0.326 e. The number of benzene rings is 4. The number of phenolic OH excluding ortho intramolecular Hbond substituents is 1. The monoisotopic (exact) mass is 1080 g/mol. The molecular formula is C57H67N11O11. The second-order valence-electron chi connectivity index (χ2n) is 19.9. The number of phenols is 1. The van der Waals surface area contributed by atoms with Gasteiger partial charge in [-0.05, 0) is 84.3 Å². The Morgan fingerprint density at radius 1 is 0.494 bits per heavy atom. The van der Waals surface area contributed by atoms with E-state index in [4.69, 9.17) is 11.5 Å². The third-order valence-electron chi connectivity index (χ3n) is 13.7. The Labute approximate surface area is 454 Å². The summed E-state index contributed by atoms with van der Waals surface area (Å²) in [5.41, 5.74) is 16.2. The van der Waals surface area contributed by atoms with Crippen molar-refractivity contribution < 1.29 is 53.7 Å². The van der Waals surface area contributed by atoms with Crippen molar-refractivity contribution in [1.82, 2.24) is 46.9 Å². The predicted octanol–water partition coefficient (Wildman–Crippen LogP) is 2.69. The minimum absolute atomic E-state index is 0.0598. The van der Waals surface area contributed by atoms with Gasteiger partial charge in [-0.1, -0.05) is 80.6 Å². The second-order valence-corrected chi connectivity index (χ2v) is 19.9. The lowest BCUT2D eigenvalue weighted by Gasteiger charge is -2.29. The van der Waals surface area contributed by atoms with Crippen LogP contribution in [0.1, 0.15) is 61.8 Å². The third-order valence-corrected chi connectivity index (χ3v) is 13.7. The molecule has 7 rings (SSSR count). The molecule has 3 aromatic heterocycles. The fourth-order valence-electron chi connectivity index (χ4n) is 9.44. The number of aromatic hydroxyl groups is 1. The molecule has 0 unspecified atom stereocenters. The molecular weight excluding hydrogens is 1010 g/mol. The van der Waals surface area contributed by atoms with E-state index in [1.54, 1.807) is 38.5 Å². The number of carboxylic acids is 2. The van der Waals surface area contributed by atoms with Crippen molar-refractivity contribution in [2.24, 2.45) is 17.4 Å². The first-order valence-corrected chi connectivity index (χ1v) is 26.0. The minimum atomic E-state index is -1.53. The van der Waals surface area contributed by atoms with Crippen LogP contribution in [-0.4, -0.2) is 126 Å². The summed E-state index contributed by atoms with van der Waals surface area (Å²) in [6.07, 6.45) is 4.87. The number of para-hydroxylation sites is 3. The number of rotatable bonds is 28. The van der Waals surface area contributed by atoms with Crippen LogP contribution in [0.2, 0.25) is 0 Å². The molecule has 22 heteroatoms. The van der Waals surface area contributed by atoms with Crippen molar-refractivity contribution in [3.05, 3.63) is 138 Å². The van der Waals surface area contributed by atoms with Gasteiger partial charge < -0.3 is 73.6 Å². The number of fused-ring (bicyclic) bond motifs is 3. The van der Waals surface area contributed by atoms with Gasteiger partial charge in [0.25, 0.3) is 0 Å². The van der Waals surface area contributed by atoms with Crippen molar-refractivity contribution in [3.63, 3.8) is 0 Å². The van der Waals surface area contributed by atoms with Gasteiger partial charge in [0.2, 0.25) is 35.4 Å². The topological polar surface area (TPSA) is 369 Å². The number of aliphatic carboxylic acids is 2. The summed E-state index contributed by atoms with van der Waals surface area (Å²) in [5, 5.41) is 48.0. The Bertz CT molecular complexity index is 3290. The number of aromatic nitrogens is 3. The van der Waals surface area contributed by atoms with Crippen molar-refractivity contribution in [2.75, 3.05) is 6.54 Å². The number of unbranched alkanes of at least 4 members (excludes halogenated alkanes) is 1. The summed E-state index contributed by atoms with van der Waals surface area (Å²) in [7, 11) is 0. The highest BCUT2D eigenvalue weighted by Crippen LogP contribution is 2.23. The van der Waals surface area contributed by atoms with E-state index >= 15 is 0 Å². The number of amides is 6. The summed E-state index contributed by atoms with van der Waals surface area (Å²) in [5.74, 6) is -8.32. The van der Waals surface area contributed by atoms with Gasteiger partial charge in [-0.3, -0.25) is 33.6 Å². The Kier molecular flexibility index (Phi) is 19.6. The number of hydrogen-bond donors (Lipinski definition) is 14. The Balaban J connectivity index is 1.19. The first-order valence-electron chi connectivity index (χ1n) is 26.0. The molecule has 7 atom stereocenters. The fourth-order valence-corrected chi connectivity index (χ4v) is 9.44. The highest BCUT2D eigenvalue weighted by atomic mass is 16.4. The SMILES string of the molecule is CC(C)[C@H](NC(=O)[C@@H](Cc1c[nH]c2ccccc12)NC(=O)[C@H](Cc1ccc(O)cc1)NC(=O)[C@@H](N)CC(=O)O)C(=O)N[C@H](Cc1c[nH]c2ccccc12)C(=O)N[C@H](Cc1c[nH]c2ccccc12)C(=O)N[C@@H](CCCCN)C(=O)O. The molecule has 0 bridgehead atoms. The first-order chi connectivity index (χ1) is 37.9. The van der Waals surface area contributed by atoms with E-state index in [0.717, 1.165) is 32.7 Å². The van der Waals surface area contributed by atoms with Crippen LogP contribution in [-0.2, 0) is 64.0 Å². The van der Waals surface area contributed by atoms with Gasteiger partial charge in [0, 0.05) is 77.0 Å². The van der Waals surface area contributed by atoms with Crippen LogP contribution in [0.15, 0.2) is 116 Å². The maximum atomic E-state index is 14.9. The molecule has 79 heavy (non-hydrogen) atoms. The van der Waals surface area contributed by atoms with Gasteiger partial charge in [-0.15, -0.1) is 0 Å². The Morgan fingerprint density at radius 3 is 1.30 bits per heavy atom. The van der Waals surface area contributed by atoms with Crippen molar-refractivity contribution in [1.29, 1.82) is 0 Å². The van der Waals surface area contributed by atoms with Crippen LogP contribution in [0.3, 0.4) is 0 Å². The van der Waals surface area contributed by atoms with E-state index in [-0.39, 0.29) is 37.9 Å². The minimum Gasteiger partial charge on any atom is -0.508 e. The number of carbonyl (C=O) groups is 8. The van der Waals surface area contributed by atoms with E-state index in [1.807, 2.05) is 66.7 Å². The zero-order valence-corrected chi connectivity index (χ0v) is 43.7. The highest BCUT2D eigenvalue weighted by molar-refractivity contribution is 5.99. The van der Waals surface area contributed by atoms with Gasteiger partial charge in [-0.2, -0.15) is 0 Å². The van der Waals surface area contributed by atoms with Crippen LogP contribution in [0, 0.1) is 5.92 Å². The largest absolute Gasteiger partial charge is 0.508 e. The highest BCUT2D eigenvalue weighted by Gasteiger charge is 2.36. The first kappa shape index (κ1) is 57.7. The van der Waals surface area contributed by atoms with Crippen LogP contribution in [0.25, 0.3) is 32.7 Å². The molecule has 16 N–H and O–H groups in total. The molecule has 0 spiro atoms. The molecule has 6 amide bonds. The number of carbonyl (C=O) groups excluding carboxylic acids is 6. The molecule has 0 aliphatic rings.